The minimum Gasteiger partial charge on any atom is -0.481 e. The quantitative estimate of drug-likeness (QED) is 0.932. The van der Waals surface area contributed by atoms with E-state index in [-0.39, 0.29) is 11.9 Å². The van der Waals surface area contributed by atoms with Crippen molar-refractivity contribution < 1.29 is 9.53 Å². The highest BCUT2D eigenvalue weighted by Gasteiger charge is 2.27. The van der Waals surface area contributed by atoms with Crippen molar-refractivity contribution in [2.24, 2.45) is 0 Å². The molecule has 1 aliphatic heterocycles. The fourth-order valence-electron chi connectivity index (χ4n) is 2.56. The monoisotopic (exact) mass is 298 g/mol. The van der Waals surface area contributed by atoms with Crippen molar-refractivity contribution in [2.75, 3.05) is 25.5 Å². The van der Waals surface area contributed by atoms with Gasteiger partial charge in [0, 0.05) is 43.8 Å². The lowest BCUT2D eigenvalue weighted by Crippen LogP contribution is -2.31. The largest absolute Gasteiger partial charge is 0.481 e. The van der Waals surface area contributed by atoms with Gasteiger partial charge >= 0.3 is 0 Å². The van der Waals surface area contributed by atoms with Crippen LogP contribution in [-0.2, 0) is 0 Å². The second-order valence-corrected chi connectivity index (χ2v) is 5.21. The number of amides is 1. The van der Waals surface area contributed by atoms with Crippen LogP contribution < -0.4 is 10.1 Å². The molecule has 0 saturated carbocycles. The first-order valence-electron chi connectivity index (χ1n) is 7.22. The number of likely N-dealkylation sites (tertiary alicyclic amines) is 1. The fraction of sp³-hybridized carbons (Fsp3) is 0.312. The number of anilines is 1. The molecule has 1 fully saturated rings. The van der Waals surface area contributed by atoms with Crippen LogP contribution in [0.3, 0.4) is 0 Å². The zero-order valence-corrected chi connectivity index (χ0v) is 12.4. The Morgan fingerprint density at radius 2 is 2.27 bits per heavy atom. The van der Waals surface area contributed by atoms with Gasteiger partial charge in [-0.25, -0.2) is 4.98 Å². The number of nitrogens with one attached hydrogen (secondary N) is 1. The van der Waals surface area contributed by atoms with Crippen LogP contribution in [0.4, 0.5) is 5.69 Å². The first-order chi connectivity index (χ1) is 10.8. The highest BCUT2D eigenvalue weighted by atomic mass is 16.5. The number of aromatic nitrogens is 2. The summed E-state index contributed by atoms with van der Waals surface area (Å²) in [6, 6.07) is 7.57. The number of pyridine rings is 2. The Balaban J connectivity index is 1.60. The highest BCUT2D eigenvalue weighted by molar-refractivity contribution is 5.94. The molecule has 1 atom stereocenters. The van der Waals surface area contributed by atoms with Crippen molar-refractivity contribution in [3.05, 3.63) is 48.4 Å². The lowest BCUT2D eigenvalue weighted by Gasteiger charge is -2.17. The van der Waals surface area contributed by atoms with E-state index in [0.29, 0.717) is 18.0 Å². The molecule has 3 heterocycles. The maximum atomic E-state index is 12.4. The van der Waals surface area contributed by atoms with Crippen molar-refractivity contribution in [1.82, 2.24) is 14.9 Å². The molecule has 0 bridgehead atoms. The summed E-state index contributed by atoms with van der Waals surface area (Å²) in [5, 5.41) is 3.40. The van der Waals surface area contributed by atoms with E-state index in [1.54, 1.807) is 37.8 Å². The molecule has 1 amide bonds. The van der Waals surface area contributed by atoms with E-state index >= 15 is 0 Å². The topological polar surface area (TPSA) is 67.3 Å². The van der Waals surface area contributed by atoms with Crippen LogP contribution in [0.5, 0.6) is 5.88 Å². The maximum absolute atomic E-state index is 12.4. The molecule has 1 aliphatic rings. The Kier molecular flexibility index (Phi) is 4.18. The van der Waals surface area contributed by atoms with Gasteiger partial charge in [0.2, 0.25) is 5.88 Å². The van der Waals surface area contributed by atoms with Crippen molar-refractivity contribution in [3.63, 3.8) is 0 Å². The van der Waals surface area contributed by atoms with Gasteiger partial charge in [0.05, 0.1) is 18.4 Å². The lowest BCUT2D eigenvalue weighted by atomic mass is 10.2. The molecule has 6 nitrogen and oxygen atoms in total. The summed E-state index contributed by atoms with van der Waals surface area (Å²) in [6.45, 7) is 1.42. The third-order valence-electron chi connectivity index (χ3n) is 3.70. The molecule has 0 aliphatic carbocycles. The third-order valence-corrected chi connectivity index (χ3v) is 3.70. The van der Waals surface area contributed by atoms with Gasteiger partial charge < -0.3 is 15.0 Å². The van der Waals surface area contributed by atoms with Gasteiger partial charge in [-0.15, -0.1) is 0 Å². The van der Waals surface area contributed by atoms with Crippen LogP contribution in [0.2, 0.25) is 0 Å². The van der Waals surface area contributed by atoms with Crippen molar-refractivity contribution >= 4 is 11.6 Å². The van der Waals surface area contributed by atoms with Gasteiger partial charge in [-0.3, -0.25) is 9.78 Å². The summed E-state index contributed by atoms with van der Waals surface area (Å²) in [5.74, 6) is 0.514. The smallest absolute Gasteiger partial charge is 0.255 e. The van der Waals surface area contributed by atoms with Gasteiger partial charge in [-0.2, -0.15) is 0 Å². The zero-order valence-electron chi connectivity index (χ0n) is 12.4. The summed E-state index contributed by atoms with van der Waals surface area (Å²) in [5.41, 5.74) is 1.57. The average Bonchev–Trinajstić information content (AvgIpc) is 3.04. The normalized spacial score (nSPS) is 17.3. The number of carbonyl (C=O) groups is 1. The molecule has 114 valence electrons. The second kappa shape index (κ2) is 6.43. The minimum absolute atomic E-state index is 0.00522. The fourth-order valence-corrected chi connectivity index (χ4v) is 2.56. The number of carbonyl (C=O) groups excluding carboxylic acids is 1. The molecular weight excluding hydrogens is 280 g/mol. The van der Waals surface area contributed by atoms with Gasteiger partial charge in [-0.05, 0) is 24.6 Å². The van der Waals surface area contributed by atoms with Crippen LogP contribution in [0.25, 0.3) is 0 Å². The Morgan fingerprint density at radius 3 is 2.95 bits per heavy atom. The van der Waals surface area contributed by atoms with Crippen molar-refractivity contribution in [1.29, 1.82) is 0 Å². The Hall–Kier alpha value is -2.63. The molecule has 3 rings (SSSR count). The van der Waals surface area contributed by atoms with E-state index in [2.05, 4.69) is 15.3 Å². The van der Waals surface area contributed by atoms with Gasteiger partial charge in [0.25, 0.3) is 5.91 Å². The summed E-state index contributed by atoms with van der Waals surface area (Å²) in [7, 11) is 1.55. The number of hydrogen-bond acceptors (Lipinski definition) is 5. The van der Waals surface area contributed by atoms with E-state index < -0.39 is 0 Å². The van der Waals surface area contributed by atoms with Crippen LogP contribution in [0.15, 0.2) is 42.9 Å². The predicted octanol–water partition coefficient (Wildman–Crippen LogP) is 1.81. The average molecular weight is 298 g/mol. The van der Waals surface area contributed by atoms with E-state index in [0.717, 1.165) is 18.7 Å². The minimum atomic E-state index is 0.00522. The van der Waals surface area contributed by atoms with Crippen LogP contribution in [0.1, 0.15) is 16.8 Å². The molecule has 0 radical (unpaired) electrons. The lowest BCUT2D eigenvalue weighted by molar-refractivity contribution is 0.0791. The summed E-state index contributed by atoms with van der Waals surface area (Å²) in [6.07, 6.45) is 6.01. The molecule has 0 aromatic carbocycles. The van der Waals surface area contributed by atoms with Crippen LogP contribution in [-0.4, -0.2) is 47.0 Å². The number of rotatable bonds is 4. The Labute approximate surface area is 129 Å². The maximum Gasteiger partial charge on any atom is 0.255 e. The van der Waals surface area contributed by atoms with Crippen molar-refractivity contribution in [3.8, 4) is 5.88 Å². The molecule has 22 heavy (non-hydrogen) atoms. The summed E-state index contributed by atoms with van der Waals surface area (Å²) < 4.78 is 5.01. The first kappa shape index (κ1) is 14.3. The standard InChI is InChI=1S/C16H18N4O2/c1-22-15-5-4-12(9-18-15)16(21)20-8-6-14(11-20)19-13-3-2-7-17-10-13/h2-5,7,9-10,14,19H,6,8,11H2,1H3. The van der Waals surface area contributed by atoms with Crippen LogP contribution >= 0.6 is 0 Å². The summed E-state index contributed by atoms with van der Waals surface area (Å²) >= 11 is 0. The van der Waals surface area contributed by atoms with Gasteiger partial charge in [0.15, 0.2) is 0 Å². The molecule has 1 unspecified atom stereocenters. The number of hydrogen-bond donors (Lipinski definition) is 1. The Bertz CT molecular complexity index is 630. The zero-order chi connectivity index (χ0) is 15.4. The second-order valence-electron chi connectivity index (χ2n) is 5.21. The highest BCUT2D eigenvalue weighted by Crippen LogP contribution is 2.18. The third kappa shape index (κ3) is 3.16. The molecule has 2 aromatic heterocycles. The van der Waals surface area contributed by atoms with E-state index in [1.165, 1.54) is 0 Å². The van der Waals surface area contributed by atoms with Crippen LogP contribution in [0, 0.1) is 0 Å². The number of nitrogens with zero attached hydrogens (tertiary/aromatic N) is 3. The summed E-state index contributed by atoms with van der Waals surface area (Å²) in [4.78, 5) is 22.5. The molecular formula is C16H18N4O2. The molecule has 1 N–H and O–H groups in total. The molecule has 6 heteroatoms. The molecule has 1 saturated heterocycles. The van der Waals surface area contributed by atoms with Gasteiger partial charge in [-0.1, -0.05) is 0 Å². The van der Waals surface area contributed by atoms with Gasteiger partial charge in [0.1, 0.15) is 0 Å². The molecule has 2 aromatic rings. The first-order valence-corrected chi connectivity index (χ1v) is 7.22. The SMILES string of the molecule is COc1ccc(C(=O)N2CCC(Nc3cccnc3)C2)cn1. The molecule has 0 spiro atoms. The van der Waals surface area contributed by atoms with E-state index in [1.807, 2.05) is 17.0 Å². The van der Waals surface area contributed by atoms with E-state index in [4.69, 9.17) is 4.74 Å². The predicted molar refractivity (Wildman–Crippen MR) is 83.0 cm³/mol. The van der Waals surface area contributed by atoms with E-state index in [9.17, 15) is 4.79 Å². The van der Waals surface area contributed by atoms with Crippen molar-refractivity contribution in [2.45, 2.75) is 12.5 Å². The number of ether oxygens (including phenoxy) is 1. The Morgan fingerprint density at radius 1 is 1.36 bits per heavy atom. The number of methoxy groups -OCH3 is 1.